The lowest BCUT2D eigenvalue weighted by atomic mass is 10.1. The Morgan fingerprint density at radius 3 is 2.53 bits per heavy atom. The van der Waals surface area contributed by atoms with E-state index in [-0.39, 0.29) is 24.7 Å². The molecule has 0 saturated carbocycles. The van der Waals surface area contributed by atoms with Gasteiger partial charge in [-0.3, -0.25) is 14.5 Å². The second-order valence-corrected chi connectivity index (χ2v) is 4.52. The Labute approximate surface area is 114 Å². The summed E-state index contributed by atoms with van der Waals surface area (Å²) >= 11 is 4.78. The predicted molar refractivity (Wildman–Crippen MR) is 68.7 cm³/mol. The molecule has 1 aromatic rings. The largest absolute Gasteiger partial charge is 0.389 e. The highest BCUT2D eigenvalue weighted by Crippen LogP contribution is 2.13. The van der Waals surface area contributed by atoms with Crippen LogP contribution in [0.2, 0.25) is 0 Å². The van der Waals surface area contributed by atoms with E-state index in [1.165, 1.54) is 12.1 Å². The molecule has 19 heavy (non-hydrogen) atoms. The summed E-state index contributed by atoms with van der Waals surface area (Å²) in [5.41, 5.74) is 6.25. The molecule has 1 aromatic carbocycles. The first-order valence-electron chi connectivity index (χ1n) is 5.47. The lowest BCUT2D eigenvalue weighted by Crippen LogP contribution is -2.45. The fraction of sp³-hybridized carbons (Fsp3) is 0.250. The third-order valence-corrected chi connectivity index (χ3v) is 2.87. The highest BCUT2D eigenvalue weighted by atomic mass is 32.1. The Kier molecular flexibility index (Phi) is 3.87. The van der Waals surface area contributed by atoms with Crippen LogP contribution in [-0.2, 0) is 20.9 Å². The number of carbonyl (C=O) groups is 2. The first-order valence-corrected chi connectivity index (χ1v) is 5.88. The van der Waals surface area contributed by atoms with Gasteiger partial charge in [0.1, 0.15) is 24.0 Å². The minimum absolute atomic E-state index is 0.0194. The van der Waals surface area contributed by atoms with Crippen molar-refractivity contribution in [2.24, 2.45) is 5.73 Å². The average molecular weight is 282 g/mol. The van der Waals surface area contributed by atoms with E-state index in [4.69, 9.17) is 22.7 Å². The summed E-state index contributed by atoms with van der Waals surface area (Å²) in [6.07, 6.45) is 0. The van der Waals surface area contributed by atoms with Crippen LogP contribution in [0.15, 0.2) is 18.2 Å². The van der Waals surface area contributed by atoms with E-state index in [0.717, 1.165) is 4.90 Å². The first-order chi connectivity index (χ1) is 8.97. The maximum absolute atomic E-state index is 13.4. The van der Waals surface area contributed by atoms with Crippen LogP contribution in [-0.4, -0.2) is 34.9 Å². The smallest absolute Gasteiger partial charge is 0.255 e. The van der Waals surface area contributed by atoms with E-state index in [1.807, 2.05) is 0 Å². The topological polar surface area (TPSA) is 72.6 Å². The molecule has 2 amide bonds. The van der Waals surface area contributed by atoms with Crippen molar-refractivity contribution in [3.8, 4) is 0 Å². The molecule has 0 spiro atoms. The number of nitrogens with two attached hydrogens (primary N) is 1. The number of amides is 2. The molecule has 1 saturated heterocycles. The van der Waals surface area contributed by atoms with Crippen LogP contribution in [0.5, 0.6) is 0 Å². The molecule has 100 valence electrons. The van der Waals surface area contributed by atoms with Crippen molar-refractivity contribution < 1.29 is 18.7 Å². The third kappa shape index (κ3) is 3.12. The summed E-state index contributed by atoms with van der Waals surface area (Å²) in [7, 11) is 0. The molecule has 7 heteroatoms. The van der Waals surface area contributed by atoms with Crippen molar-refractivity contribution in [2.45, 2.75) is 6.54 Å². The second kappa shape index (κ2) is 5.41. The molecular formula is C12H11FN2O3S. The zero-order chi connectivity index (χ0) is 14.0. The molecule has 1 aliphatic rings. The van der Waals surface area contributed by atoms with E-state index in [0.29, 0.717) is 11.1 Å². The fourth-order valence-electron chi connectivity index (χ4n) is 1.76. The molecule has 5 nitrogen and oxygen atoms in total. The fourth-order valence-corrected chi connectivity index (χ4v) is 1.88. The number of halogens is 1. The number of nitrogens with zero attached hydrogens (tertiary/aromatic N) is 1. The highest BCUT2D eigenvalue weighted by Gasteiger charge is 2.26. The van der Waals surface area contributed by atoms with Gasteiger partial charge in [0, 0.05) is 5.56 Å². The van der Waals surface area contributed by atoms with Gasteiger partial charge in [-0.2, -0.15) is 0 Å². The number of ether oxygens (including phenoxy) is 1. The lowest BCUT2D eigenvalue weighted by molar-refractivity contribution is -0.159. The monoisotopic (exact) mass is 282 g/mol. The number of imide groups is 1. The quantitative estimate of drug-likeness (QED) is 0.639. The van der Waals surface area contributed by atoms with Crippen LogP contribution in [0.4, 0.5) is 4.39 Å². The van der Waals surface area contributed by atoms with Gasteiger partial charge in [0.15, 0.2) is 0 Å². The number of morpholine rings is 1. The molecule has 1 heterocycles. The lowest BCUT2D eigenvalue weighted by Gasteiger charge is -2.25. The van der Waals surface area contributed by atoms with Crippen LogP contribution in [0.1, 0.15) is 11.1 Å². The van der Waals surface area contributed by atoms with Crippen molar-refractivity contribution in [1.29, 1.82) is 0 Å². The molecule has 1 aliphatic heterocycles. The van der Waals surface area contributed by atoms with Gasteiger partial charge in [-0.25, -0.2) is 4.39 Å². The molecule has 1 fully saturated rings. The van der Waals surface area contributed by atoms with Crippen molar-refractivity contribution in [3.63, 3.8) is 0 Å². The Balaban J connectivity index is 2.25. The van der Waals surface area contributed by atoms with E-state index in [2.05, 4.69) is 0 Å². The molecule has 0 unspecified atom stereocenters. The second-order valence-electron chi connectivity index (χ2n) is 4.08. The van der Waals surface area contributed by atoms with Gasteiger partial charge in [0.25, 0.3) is 11.8 Å². The van der Waals surface area contributed by atoms with Gasteiger partial charge in [-0.1, -0.05) is 12.2 Å². The van der Waals surface area contributed by atoms with Crippen molar-refractivity contribution >= 4 is 29.0 Å². The highest BCUT2D eigenvalue weighted by molar-refractivity contribution is 7.80. The van der Waals surface area contributed by atoms with E-state index in [1.54, 1.807) is 6.07 Å². The predicted octanol–water partition coefficient (Wildman–Crippen LogP) is 0.345. The number of hydrogen-bond donors (Lipinski definition) is 1. The van der Waals surface area contributed by atoms with E-state index < -0.39 is 17.6 Å². The van der Waals surface area contributed by atoms with Gasteiger partial charge in [0.05, 0.1) is 6.54 Å². The van der Waals surface area contributed by atoms with Gasteiger partial charge in [-0.05, 0) is 23.8 Å². The Morgan fingerprint density at radius 1 is 1.32 bits per heavy atom. The van der Waals surface area contributed by atoms with Crippen LogP contribution in [0.25, 0.3) is 0 Å². The first kappa shape index (κ1) is 13.6. The van der Waals surface area contributed by atoms with Crippen LogP contribution < -0.4 is 5.73 Å². The summed E-state index contributed by atoms with van der Waals surface area (Å²) in [6.45, 7) is -0.319. The summed E-state index contributed by atoms with van der Waals surface area (Å²) in [6, 6.07) is 3.99. The minimum Gasteiger partial charge on any atom is -0.389 e. The van der Waals surface area contributed by atoms with Crippen molar-refractivity contribution in [3.05, 3.63) is 35.1 Å². The number of hydrogen-bond acceptors (Lipinski definition) is 4. The SMILES string of the molecule is NC(=S)c1cc(F)cc(CN2C(=O)COCC2=O)c1. The Bertz CT molecular complexity index is 546. The summed E-state index contributed by atoms with van der Waals surface area (Å²) < 4.78 is 18.2. The summed E-state index contributed by atoms with van der Waals surface area (Å²) in [5, 5.41) is 0. The van der Waals surface area contributed by atoms with Crippen LogP contribution >= 0.6 is 12.2 Å². The molecule has 0 bridgehead atoms. The van der Waals surface area contributed by atoms with Crippen molar-refractivity contribution in [2.75, 3.05) is 13.2 Å². The molecule has 0 atom stereocenters. The average Bonchev–Trinajstić information content (AvgIpc) is 2.33. The van der Waals surface area contributed by atoms with Gasteiger partial charge < -0.3 is 10.5 Å². The molecule has 2 rings (SSSR count). The normalized spacial score (nSPS) is 15.7. The zero-order valence-corrected chi connectivity index (χ0v) is 10.7. The zero-order valence-electron chi connectivity index (χ0n) is 9.89. The third-order valence-electron chi connectivity index (χ3n) is 2.64. The maximum Gasteiger partial charge on any atom is 0.255 e. The molecule has 0 radical (unpaired) electrons. The van der Waals surface area contributed by atoms with E-state index >= 15 is 0 Å². The van der Waals surface area contributed by atoms with Gasteiger partial charge in [-0.15, -0.1) is 0 Å². The van der Waals surface area contributed by atoms with Crippen molar-refractivity contribution in [1.82, 2.24) is 4.90 Å². The molecule has 0 aromatic heterocycles. The number of rotatable bonds is 3. The summed E-state index contributed by atoms with van der Waals surface area (Å²) in [4.78, 5) is 24.2. The van der Waals surface area contributed by atoms with Crippen LogP contribution in [0, 0.1) is 5.82 Å². The van der Waals surface area contributed by atoms with E-state index in [9.17, 15) is 14.0 Å². The number of carbonyl (C=O) groups excluding carboxylic acids is 2. The Morgan fingerprint density at radius 2 is 1.95 bits per heavy atom. The van der Waals surface area contributed by atoms with Crippen LogP contribution in [0.3, 0.4) is 0 Å². The number of thiocarbonyl (C=S) groups is 1. The van der Waals surface area contributed by atoms with Gasteiger partial charge in [0.2, 0.25) is 0 Å². The molecular weight excluding hydrogens is 271 g/mol. The molecule has 0 aliphatic carbocycles. The molecule has 2 N–H and O–H groups in total. The Hall–Kier alpha value is -1.86. The number of benzene rings is 1. The minimum atomic E-state index is -0.520. The standard InChI is InChI=1S/C12H11FN2O3S/c13-9-2-7(1-8(3-9)12(14)19)4-15-10(16)5-18-6-11(15)17/h1-3H,4-6H2,(H2,14,19). The summed E-state index contributed by atoms with van der Waals surface area (Å²) in [5.74, 6) is -1.41. The van der Waals surface area contributed by atoms with Gasteiger partial charge >= 0.3 is 0 Å². The maximum atomic E-state index is 13.4.